The molecule has 1 aromatic carbocycles. The lowest BCUT2D eigenvalue weighted by molar-refractivity contribution is -0.0893. The van der Waals surface area contributed by atoms with E-state index in [4.69, 9.17) is 4.74 Å². The second-order valence-electron chi connectivity index (χ2n) is 7.07. The number of hydrogen-bond donors (Lipinski definition) is 1. The Labute approximate surface area is 126 Å². The summed E-state index contributed by atoms with van der Waals surface area (Å²) in [6, 6.07) is 11.4. The van der Waals surface area contributed by atoms with Crippen LogP contribution >= 0.6 is 0 Å². The van der Waals surface area contributed by atoms with Gasteiger partial charge in [0.05, 0.1) is 0 Å². The molecule has 1 aromatic rings. The van der Waals surface area contributed by atoms with Crippen molar-refractivity contribution in [2.45, 2.75) is 51.4 Å². The predicted molar refractivity (Wildman–Crippen MR) is 81.9 cm³/mol. The molecule has 0 bridgehead atoms. The second kappa shape index (κ2) is 5.34. The molecule has 1 aliphatic carbocycles. The summed E-state index contributed by atoms with van der Waals surface area (Å²) >= 11 is 0. The summed E-state index contributed by atoms with van der Waals surface area (Å²) < 4.78 is 5.43. The lowest BCUT2D eigenvalue weighted by Crippen LogP contribution is -2.73. The van der Waals surface area contributed by atoms with Crippen molar-refractivity contribution in [2.24, 2.45) is 5.92 Å². The van der Waals surface area contributed by atoms with Crippen molar-refractivity contribution in [1.82, 2.24) is 10.2 Å². The molecule has 2 aliphatic rings. The second-order valence-corrected chi connectivity index (χ2v) is 7.07. The van der Waals surface area contributed by atoms with Crippen LogP contribution in [0.25, 0.3) is 0 Å². The maximum Gasteiger partial charge on any atom is 0.410 e. The topological polar surface area (TPSA) is 41.6 Å². The van der Waals surface area contributed by atoms with Crippen LogP contribution in [-0.4, -0.2) is 35.2 Å². The monoisotopic (exact) mass is 288 g/mol. The Morgan fingerprint density at radius 2 is 2.05 bits per heavy atom. The van der Waals surface area contributed by atoms with Gasteiger partial charge >= 0.3 is 6.09 Å². The minimum Gasteiger partial charge on any atom is -0.444 e. The van der Waals surface area contributed by atoms with Crippen LogP contribution in [0.5, 0.6) is 0 Å². The maximum atomic E-state index is 12.0. The highest BCUT2D eigenvalue weighted by atomic mass is 16.6. The van der Waals surface area contributed by atoms with Gasteiger partial charge < -0.3 is 15.0 Å². The molecule has 1 saturated heterocycles. The van der Waals surface area contributed by atoms with Crippen molar-refractivity contribution in [2.75, 3.05) is 6.54 Å². The molecule has 21 heavy (non-hydrogen) atoms. The molecule has 4 nitrogen and oxygen atoms in total. The molecule has 1 N–H and O–H groups in total. The standard InChI is InChI=1S/C17H24N2O2/c1-17(2,3)21-16(20)19-11-13-14(9-15(13)19)18-10-12-7-5-4-6-8-12/h4-8,13-15,18H,9-11H2,1-3H3/t13?,14-,15+/m1/s1. The number of hydrogen-bond acceptors (Lipinski definition) is 3. The van der Waals surface area contributed by atoms with E-state index in [0.717, 1.165) is 19.5 Å². The summed E-state index contributed by atoms with van der Waals surface area (Å²) in [4.78, 5) is 13.9. The van der Waals surface area contributed by atoms with Crippen molar-refractivity contribution in [3.63, 3.8) is 0 Å². The number of piperidine rings is 1. The first-order valence-corrected chi connectivity index (χ1v) is 7.71. The van der Waals surface area contributed by atoms with Gasteiger partial charge in [-0.05, 0) is 32.8 Å². The minimum absolute atomic E-state index is 0.162. The number of fused-ring (bicyclic) bond motifs is 1. The minimum atomic E-state index is -0.406. The van der Waals surface area contributed by atoms with Crippen molar-refractivity contribution in [1.29, 1.82) is 0 Å². The van der Waals surface area contributed by atoms with E-state index in [9.17, 15) is 4.79 Å². The molecule has 1 aliphatic heterocycles. The normalized spacial score (nSPS) is 27.4. The van der Waals surface area contributed by atoms with E-state index < -0.39 is 5.60 Å². The SMILES string of the molecule is CC(C)(C)OC(=O)N1CC2[C@H](NCc3ccccc3)C[C@@H]21. The molecule has 2 fully saturated rings. The highest BCUT2D eigenvalue weighted by molar-refractivity contribution is 5.70. The van der Waals surface area contributed by atoms with Crippen LogP contribution in [-0.2, 0) is 11.3 Å². The average Bonchev–Trinajstić information content (AvgIpc) is 2.39. The van der Waals surface area contributed by atoms with Gasteiger partial charge in [0.25, 0.3) is 0 Å². The van der Waals surface area contributed by atoms with Gasteiger partial charge in [-0.3, -0.25) is 0 Å². The van der Waals surface area contributed by atoms with Crippen molar-refractivity contribution >= 4 is 6.09 Å². The van der Waals surface area contributed by atoms with Gasteiger partial charge in [0, 0.05) is 31.1 Å². The zero-order chi connectivity index (χ0) is 15.0. The zero-order valence-electron chi connectivity index (χ0n) is 13.0. The number of benzene rings is 1. The smallest absolute Gasteiger partial charge is 0.410 e. The largest absolute Gasteiger partial charge is 0.444 e. The van der Waals surface area contributed by atoms with Gasteiger partial charge in [-0.2, -0.15) is 0 Å². The lowest BCUT2D eigenvalue weighted by Gasteiger charge is -2.59. The van der Waals surface area contributed by atoms with E-state index in [1.165, 1.54) is 5.56 Å². The molecular formula is C17H24N2O2. The van der Waals surface area contributed by atoms with Crippen LogP contribution in [0, 0.1) is 5.92 Å². The molecular weight excluding hydrogens is 264 g/mol. The summed E-state index contributed by atoms with van der Waals surface area (Å²) in [6.45, 7) is 7.46. The Balaban J connectivity index is 1.43. The zero-order valence-corrected chi connectivity index (χ0v) is 13.0. The molecule has 1 heterocycles. The Morgan fingerprint density at radius 3 is 2.62 bits per heavy atom. The predicted octanol–water partition coefficient (Wildman–Crippen LogP) is 2.78. The summed E-state index contributed by atoms with van der Waals surface area (Å²) in [5.74, 6) is 0.598. The average molecular weight is 288 g/mol. The van der Waals surface area contributed by atoms with Gasteiger partial charge in [-0.1, -0.05) is 30.3 Å². The van der Waals surface area contributed by atoms with E-state index in [0.29, 0.717) is 18.0 Å². The Bertz CT molecular complexity index is 509. The number of nitrogens with one attached hydrogen (secondary N) is 1. The van der Waals surface area contributed by atoms with E-state index in [1.54, 1.807) is 0 Å². The first kappa shape index (κ1) is 14.4. The van der Waals surface area contributed by atoms with Crippen LogP contribution in [0.2, 0.25) is 0 Å². The number of carbonyl (C=O) groups excluding carboxylic acids is 1. The fourth-order valence-corrected chi connectivity index (χ4v) is 3.12. The molecule has 3 atom stereocenters. The van der Waals surface area contributed by atoms with Gasteiger partial charge in [0.2, 0.25) is 0 Å². The van der Waals surface area contributed by atoms with Crippen LogP contribution < -0.4 is 5.32 Å². The molecule has 0 aromatic heterocycles. The van der Waals surface area contributed by atoms with E-state index in [1.807, 2.05) is 31.7 Å². The third kappa shape index (κ3) is 3.05. The van der Waals surface area contributed by atoms with E-state index in [2.05, 4.69) is 29.6 Å². The summed E-state index contributed by atoms with van der Waals surface area (Å²) in [5.41, 5.74) is 0.904. The Hall–Kier alpha value is -1.55. The summed E-state index contributed by atoms with van der Waals surface area (Å²) in [7, 11) is 0. The number of amides is 1. The number of nitrogens with zero attached hydrogens (tertiary/aromatic N) is 1. The molecule has 1 unspecified atom stereocenters. The lowest BCUT2D eigenvalue weighted by atomic mass is 9.67. The van der Waals surface area contributed by atoms with Crippen molar-refractivity contribution in [3.05, 3.63) is 35.9 Å². The molecule has 3 rings (SSSR count). The Morgan fingerprint density at radius 1 is 1.33 bits per heavy atom. The fourth-order valence-electron chi connectivity index (χ4n) is 3.12. The fraction of sp³-hybridized carbons (Fsp3) is 0.588. The van der Waals surface area contributed by atoms with Crippen LogP contribution in [0.4, 0.5) is 4.79 Å². The van der Waals surface area contributed by atoms with Gasteiger partial charge in [-0.15, -0.1) is 0 Å². The molecule has 0 spiro atoms. The highest BCUT2D eigenvalue weighted by Crippen LogP contribution is 2.42. The summed E-state index contributed by atoms with van der Waals surface area (Å²) in [5, 5.41) is 3.60. The van der Waals surface area contributed by atoms with Crippen LogP contribution in [0.3, 0.4) is 0 Å². The number of likely N-dealkylation sites (tertiary alicyclic amines) is 1. The third-order valence-corrected chi connectivity index (χ3v) is 4.35. The molecule has 1 saturated carbocycles. The van der Waals surface area contributed by atoms with E-state index >= 15 is 0 Å². The Kier molecular flexibility index (Phi) is 3.66. The number of rotatable bonds is 3. The van der Waals surface area contributed by atoms with Gasteiger partial charge in [0.15, 0.2) is 0 Å². The summed E-state index contributed by atoms with van der Waals surface area (Å²) in [6.07, 6.45) is 0.877. The van der Waals surface area contributed by atoms with Crippen molar-refractivity contribution < 1.29 is 9.53 Å². The van der Waals surface area contributed by atoms with Gasteiger partial charge in [-0.25, -0.2) is 4.79 Å². The molecule has 1 amide bonds. The quantitative estimate of drug-likeness (QED) is 0.930. The van der Waals surface area contributed by atoms with Crippen molar-refractivity contribution in [3.8, 4) is 0 Å². The molecule has 114 valence electrons. The third-order valence-electron chi connectivity index (χ3n) is 4.35. The first-order valence-electron chi connectivity index (χ1n) is 7.71. The number of ether oxygens (including phenoxy) is 1. The molecule has 0 radical (unpaired) electrons. The van der Waals surface area contributed by atoms with E-state index in [-0.39, 0.29) is 6.09 Å². The highest BCUT2D eigenvalue weighted by Gasteiger charge is 2.55. The van der Waals surface area contributed by atoms with Crippen LogP contribution in [0.1, 0.15) is 32.8 Å². The maximum absolute atomic E-state index is 12.0. The van der Waals surface area contributed by atoms with Crippen LogP contribution in [0.15, 0.2) is 30.3 Å². The number of carbonyl (C=O) groups is 1. The first-order chi connectivity index (χ1) is 9.94. The molecule has 4 heteroatoms. The van der Waals surface area contributed by atoms with Gasteiger partial charge in [0.1, 0.15) is 5.60 Å².